The number of rotatable bonds is 3. The zero-order valence-electron chi connectivity index (χ0n) is 7.16. The van der Waals surface area contributed by atoms with E-state index >= 15 is 0 Å². The summed E-state index contributed by atoms with van der Waals surface area (Å²) in [5.41, 5.74) is 0. The summed E-state index contributed by atoms with van der Waals surface area (Å²) in [6.07, 6.45) is -0.226. The van der Waals surface area contributed by atoms with Gasteiger partial charge in [-0.3, -0.25) is 0 Å². The third kappa shape index (κ3) is 3.76. The molecular formula is C8H7Br2ClF2S. The summed E-state index contributed by atoms with van der Waals surface area (Å²) in [4.78, 5) is 0.458. The van der Waals surface area contributed by atoms with E-state index in [4.69, 9.17) is 11.6 Å². The van der Waals surface area contributed by atoms with Crippen LogP contribution in [0.2, 0.25) is 5.02 Å². The number of halogens is 5. The average Bonchev–Trinajstić information content (AvgIpc) is 2.28. The van der Waals surface area contributed by atoms with Crippen molar-refractivity contribution in [3.63, 3.8) is 0 Å². The van der Waals surface area contributed by atoms with E-state index in [2.05, 4.69) is 31.9 Å². The zero-order valence-corrected chi connectivity index (χ0v) is 11.9. The maximum absolute atomic E-state index is 12.7. The average molecular weight is 368 g/mol. The molecule has 0 spiro atoms. The van der Waals surface area contributed by atoms with Gasteiger partial charge in [-0.25, -0.2) is 8.78 Å². The first-order valence-electron chi connectivity index (χ1n) is 3.76. The molecule has 0 radical (unpaired) electrons. The zero-order chi connectivity index (χ0) is 10.9. The molecule has 1 heterocycles. The smallest absolute Gasteiger partial charge is 0.207 e. The molecule has 6 heteroatoms. The highest BCUT2D eigenvalue weighted by molar-refractivity contribution is 9.11. The van der Waals surface area contributed by atoms with Crippen LogP contribution in [0.1, 0.15) is 23.0 Å². The maximum Gasteiger partial charge on any atom is 0.246 e. The van der Waals surface area contributed by atoms with Crippen LogP contribution in [-0.2, 0) is 0 Å². The van der Waals surface area contributed by atoms with Gasteiger partial charge in [0.15, 0.2) is 0 Å². The van der Waals surface area contributed by atoms with Crippen LogP contribution in [0.15, 0.2) is 9.85 Å². The maximum atomic E-state index is 12.7. The van der Waals surface area contributed by atoms with E-state index < -0.39 is 5.92 Å². The second-order valence-electron chi connectivity index (χ2n) is 3.01. The summed E-state index contributed by atoms with van der Waals surface area (Å²) >= 11 is 13.6. The van der Waals surface area contributed by atoms with Crippen molar-refractivity contribution in [1.82, 2.24) is 0 Å². The molecule has 0 aliphatic carbocycles. The summed E-state index contributed by atoms with van der Waals surface area (Å²) in [6.45, 7) is 0.908. The van der Waals surface area contributed by atoms with Gasteiger partial charge in [0.25, 0.3) is 0 Å². The van der Waals surface area contributed by atoms with Gasteiger partial charge in [-0.2, -0.15) is 0 Å². The SMILES string of the molecule is CC(F)(F)CC(Br)c1cc(Cl)c(Br)s1. The molecule has 0 nitrogen and oxygen atoms in total. The van der Waals surface area contributed by atoms with Gasteiger partial charge in [-0.1, -0.05) is 27.5 Å². The Balaban J connectivity index is 2.75. The predicted octanol–water partition coefficient (Wildman–Crippen LogP) is 5.65. The fraction of sp³-hybridized carbons (Fsp3) is 0.500. The molecule has 14 heavy (non-hydrogen) atoms. The van der Waals surface area contributed by atoms with E-state index in [0.29, 0.717) is 5.02 Å². The molecule has 0 amide bonds. The second-order valence-corrected chi connectivity index (χ2v) is 6.93. The van der Waals surface area contributed by atoms with Crippen LogP contribution in [0.3, 0.4) is 0 Å². The Labute approximate surface area is 107 Å². The summed E-state index contributed by atoms with van der Waals surface area (Å²) in [7, 11) is 0. The molecule has 1 aromatic rings. The van der Waals surface area contributed by atoms with Gasteiger partial charge < -0.3 is 0 Å². The Hall–Kier alpha value is 0.810. The largest absolute Gasteiger partial charge is 0.246 e. The number of thiophene rings is 1. The summed E-state index contributed by atoms with van der Waals surface area (Å²) in [6, 6.07) is 1.70. The molecule has 0 saturated carbocycles. The first kappa shape index (κ1) is 12.9. The lowest BCUT2D eigenvalue weighted by molar-refractivity contribution is 0.0132. The van der Waals surface area contributed by atoms with Gasteiger partial charge in [0.05, 0.1) is 13.6 Å². The fourth-order valence-corrected chi connectivity index (χ4v) is 3.64. The molecule has 0 aromatic carbocycles. The van der Waals surface area contributed by atoms with Gasteiger partial charge in [0, 0.05) is 11.3 Å². The Morgan fingerprint density at radius 3 is 2.57 bits per heavy atom. The molecule has 80 valence electrons. The summed E-state index contributed by atoms with van der Waals surface area (Å²) < 4.78 is 26.2. The Morgan fingerprint density at radius 2 is 2.21 bits per heavy atom. The van der Waals surface area contributed by atoms with Crippen molar-refractivity contribution in [2.45, 2.75) is 24.1 Å². The highest BCUT2D eigenvalue weighted by Gasteiger charge is 2.27. The predicted molar refractivity (Wildman–Crippen MR) is 63.9 cm³/mol. The highest BCUT2D eigenvalue weighted by Crippen LogP contribution is 2.42. The van der Waals surface area contributed by atoms with E-state index in [1.165, 1.54) is 11.3 Å². The van der Waals surface area contributed by atoms with Gasteiger partial charge in [0.2, 0.25) is 5.92 Å². The van der Waals surface area contributed by atoms with Crippen molar-refractivity contribution in [1.29, 1.82) is 0 Å². The quantitative estimate of drug-likeness (QED) is 0.605. The van der Waals surface area contributed by atoms with Crippen LogP contribution >= 0.6 is 54.8 Å². The molecule has 0 N–H and O–H groups in total. The van der Waals surface area contributed by atoms with E-state index in [9.17, 15) is 8.78 Å². The van der Waals surface area contributed by atoms with Crippen molar-refractivity contribution >= 4 is 54.8 Å². The molecule has 1 atom stereocenters. The first-order chi connectivity index (χ1) is 6.29. The van der Waals surface area contributed by atoms with E-state index in [1.807, 2.05) is 0 Å². The monoisotopic (exact) mass is 366 g/mol. The number of hydrogen-bond acceptors (Lipinski definition) is 1. The number of hydrogen-bond donors (Lipinski definition) is 0. The fourth-order valence-electron chi connectivity index (χ4n) is 0.933. The molecule has 0 aliphatic rings. The van der Waals surface area contributed by atoms with Crippen LogP contribution < -0.4 is 0 Å². The van der Waals surface area contributed by atoms with Crippen molar-refractivity contribution in [2.24, 2.45) is 0 Å². The topological polar surface area (TPSA) is 0 Å². The van der Waals surface area contributed by atoms with Gasteiger partial charge >= 0.3 is 0 Å². The van der Waals surface area contributed by atoms with Crippen LogP contribution in [-0.4, -0.2) is 5.92 Å². The lowest BCUT2D eigenvalue weighted by Gasteiger charge is -2.13. The molecule has 1 unspecified atom stereocenters. The minimum Gasteiger partial charge on any atom is -0.207 e. The van der Waals surface area contributed by atoms with Gasteiger partial charge in [-0.05, 0) is 28.9 Å². The van der Waals surface area contributed by atoms with E-state index in [0.717, 1.165) is 15.6 Å². The minimum absolute atomic E-state index is 0.226. The molecule has 1 aromatic heterocycles. The van der Waals surface area contributed by atoms with E-state index in [-0.39, 0.29) is 11.2 Å². The van der Waals surface area contributed by atoms with Crippen LogP contribution in [0.4, 0.5) is 8.78 Å². The molecule has 1 rings (SSSR count). The van der Waals surface area contributed by atoms with Crippen molar-refractivity contribution < 1.29 is 8.78 Å². The van der Waals surface area contributed by atoms with E-state index in [1.54, 1.807) is 6.07 Å². The molecule has 0 bridgehead atoms. The summed E-state index contributed by atoms with van der Waals surface area (Å²) in [5, 5.41) is 0.564. The third-order valence-corrected chi connectivity index (χ3v) is 5.22. The Morgan fingerprint density at radius 1 is 1.64 bits per heavy atom. The molecule has 0 aliphatic heterocycles. The first-order valence-corrected chi connectivity index (χ1v) is 6.66. The lowest BCUT2D eigenvalue weighted by atomic mass is 10.2. The molecule has 0 saturated heterocycles. The lowest BCUT2D eigenvalue weighted by Crippen LogP contribution is -2.11. The normalized spacial score (nSPS) is 14.4. The Kier molecular flexibility index (Phi) is 4.38. The van der Waals surface area contributed by atoms with Gasteiger partial charge in [-0.15, -0.1) is 11.3 Å². The standard InChI is InChI=1S/C8H7Br2ClF2S/c1-8(12,13)3-4(9)6-2-5(11)7(10)14-6/h2,4H,3H2,1H3. The summed E-state index contributed by atoms with van der Waals surface area (Å²) in [5.74, 6) is -2.67. The van der Waals surface area contributed by atoms with Crippen LogP contribution in [0.25, 0.3) is 0 Å². The molecular weight excluding hydrogens is 361 g/mol. The van der Waals surface area contributed by atoms with Crippen molar-refractivity contribution in [3.05, 3.63) is 19.8 Å². The van der Waals surface area contributed by atoms with Crippen LogP contribution in [0.5, 0.6) is 0 Å². The van der Waals surface area contributed by atoms with Crippen LogP contribution in [0, 0.1) is 0 Å². The molecule has 0 fully saturated rings. The minimum atomic E-state index is -2.67. The third-order valence-electron chi connectivity index (χ3n) is 1.51. The van der Waals surface area contributed by atoms with Gasteiger partial charge in [0.1, 0.15) is 0 Å². The second kappa shape index (κ2) is 4.76. The van der Waals surface area contributed by atoms with Crippen molar-refractivity contribution in [3.8, 4) is 0 Å². The van der Waals surface area contributed by atoms with Crippen molar-refractivity contribution in [2.75, 3.05) is 0 Å². The Bertz CT molecular complexity index is 302. The highest BCUT2D eigenvalue weighted by atomic mass is 79.9. The number of alkyl halides is 3.